The number of nitrogens with two attached hydrogens (primary N) is 1. The first-order valence-electron chi connectivity index (χ1n) is 44.7. The van der Waals surface area contributed by atoms with Crippen molar-refractivity contribution in [2.45, 2.75) is 239 Å². The normalized spacial score (nSPS) is 17.0. The van der Waals surface area contributed by atoms with E-state index in [0.717, 1.165) is 86.6 Å². The van der Waals surface area contributed by atoms with Crippen LogP contribution in [0.15, 0.2) is 121 Å². The van der Waals surface area contributed by atoms with E-state index in [1.54, 1.807) is 35.0 Å². The van der Waals surface area contributed by atoms with Crippen LogP contribution in [-0.4, -0.2) is 210 Å². The average molecular weight is 1680 g/mol. The molecule has 8 atom stereocenters. The van der Waals surface area contributed by atoms with E-state index >= 15 is 0 Å². The molecule has 4 aromatic carbocycles. The summed E-state index contributed by atoms with van der Waals surface area (Å²) >= 11 is 0. The molecular weight excluding hydrogens is 1540 g/mol. The number of nitrogens with one attached hydrogen (secondary N) is 6. The van der Waals surface area contributed by atoms with E-state index in [-0.39, 0.29) is 103 Å². The van der Waals surface area contributed by atoms with Crippen LogP contribution in [0.2, 0.25) is 0 Å². The summed E-state index contributed by atoms with van der Waals surface area (Å²) in [6.45, 7) is 21.4. The number of benzene rings is 4. The van der Waals surface area contributed by atoms with Gasteiger partial charge in [0.2, 0.25) is 35.4 Å². The van der Waals surface area contributed by atoms with Crippen LogP contribution < -0.4 is 37.6 Å². The largest absolute Gasteiger partial charge is 0.444 e. The van der Waals surface area contributed by atoms with Crippen LogP contribution in [0.3, 0.4) is 0 Å². The Balaban J connectivity index is 0.000000335. The highest BCUT2D eigenvalue weighted by Gasteiger charge is 2.48. The van der Waals surface area contributed by atoms with Crippen LogP contribution in [0.1, 0.15) is 206 Å². The third-order valence-corrected chi connectivity index (χ3v) is 23.9. The van der Waals surface area contributed by atoms with Crippen molar-refractivity contribution in [3.63, 3.8) is 0 Å². The first kappa shape index (κ1) is 99.5. The standard InChI is InChI=1S/C51H76N4O9.C45H67N5O7/c1-37(2)32-42(44(56)35-40(22-16-8-7-9-17-29-63-31-30-62-6)47(59)55-27-24-51(25-28-55)23-26-52-48(51)60)53-46(58)41(33-38-18-12-10-13-19-38)36-45(57)43(34-39-20-14-11-15-21-39)54-49(61)64-50(3,4)5;1-33(2)28-39(49-42(53)37(29-34-12-6-4-7-13-34)32-40(51)38(46)30-35-14-8-5-9-15-35)41(52)31-36(16-10-11-20-47-22-25-57-27-26-56-3)43(54)50-23-18-45(19-24-50)17-21-48-44(45)55/h10-15,18-21,37,40-43H,7-9,16-17,22-36H2,1-6H3,(H,52,60)(H,53,58)(H,54,61);4-9,12-15,33,36-39,47H,10-11,16-32,46H2,1-3H3,(H,48,55)(H,49,53)/t40-,41-,42+,43+;36-,37-,38+,39+/m00/s1. The van der Waals surface area contributed by atoms with Gasteiger partial charge in [0, 0.05) is 116 Å². The zero-order valence-electron chi connectivity index (χ0n) is 73.9. The molecule has 4 saturated heterocycles. The van der Waals surface area contributed by atoms with Crippen molar-refractivity contribution in [1.82, 2.24) is 41.7 Å². The maximum absolute atomic E-state index is 14.5. The second-order valence-electron chi connectivity index (χ2n) is 35.7. The number of ether oxygens (including phenoxy) is 5. The predicted octanol–water partition coefficient (Wildman–Crippen LogP) is 11.2. The highest BCUT2D eigenvalue weighted by molar-refractivity contribution is 5.97. The van der Waals surface area contributed by atoms with Gasteiger partial charge in [-0.3, -0.25) is 47.9 Å². The molecule has 4 aromatic rings. The van der Waals surface area contributed by atoms with Crippen molar-refractivity contribution in [3.05, 3.63) is 144 Å². The van der Waals surface area contributed by atoms with Crippen LogP contribution >= 0.6 is 0 Å². The molecule has 668 valence electrons. The number of amides is 7. The van der Waals surface area contributed by atoms with E-state index < -0.39 is 76.3 Å². The topological polar surface area (TPSA) is 339 Å². The van der Waals surface area contributed by atoms with Crippen LogP contribution in [0.4, 0.5) is 4.79 Å². The van der Waals surface area contributed by atoms with Crippen molar-refractivity contribution < 1.29 is 76.4 Å². The fraction of sp³-hybridized carbons (Fsp3) is 0.635. The van der Waals surface area contributed by atoms with Gasteiger partial charge < -0.3 is 71.1 Å². The minimum atomic E-state index is -0.967. The minimum absolute atomic E-state index is 0.00360. The zero-order chi connectivity index (χ0) is 87.6. The van der Waals surface area contributed by atoms with Gasteiger partial charge in [-0.25, -0.2) is 4.79 Å². The van der Waals surface area contributed by atoms with Crippen LogP contribution in [-0.2, 0) is 97.3 Å². The smallest absolute Gasteiger partial charge is 0.408 e. The quantitative estimate of drug-likeness (QED) is 0.0202. The summed E-state index contributed by atoms with van der Waals surface area (Å²) in [5.74, 6) is -4.30. The number of rotatable bonds is 53. The van der Waals surface area contributed by atoms with Gasteiger partial charge in [-0.15, -0.1) is 0 Å². The van der Waals surface area contributed by atoms with E-state index in [2.05, 4.69) is 31.9 Å². The highest BCUT2D eigenvalue weighted by atomic mass is 16.6. The molecule has 2 spiro atoms. The number of piperidine rings is 2. The number of methoxy groups -OCH3 is 2. The number of ketones is 4. The molecule has 4 aliphatic rings. The molecule has 25 nitrogen and oxygen atoms in total. The van der Waals surface area contributed by atoms with Gasteiger partial charge >= 0.3 is 6.09 Å². The Labute approximate surface area is 719 Å². The zero-order valence-corrected chi connectivity index (χ0v) is 73.9. The second-order valence-corrected chi connectivity index (χ2v) is 35.7. The van der Waals surface area contributed by atoms with E-state index in [1.807, 2.05) is 159 Å². The molecule has 8 N–H and O–H groups in total. The molecule has 0 saturated carbocycles. The number of hydrogen-bond acceptors (Lipinski definition) is 18. The summed E-state index contributed by atoms with van der Waals surface area (Å²) in [6, 6.07) is 34.5. The third-order valence-electron chi connectivity index (χ3n) is 23.9. The first-order chi connectivity index (χ1) is 58.1. The molecule has 0 radical (unpaired) electrons. The van der Waals surface area contributed by atoms with Gasteiger partial charge in [-0.2, -0.15) is 0 Å². The fourth-order valence-corrected chi connectivity index (χ4v) is 16.8. The summed E-state index contributed by atoms with van der Waals surface area (Å²) in [6.07, 6.45) is 12.2. The number of hydrogen-bond donors (Lipinski definition) is 7. The Bertz CT molecular complexity index is 3810. The number of unbranched alkanes of at least 4 members (excludes halogenated alkanes) is 5. The minimum Gasteiger partial charge on any atom is -0.444 e. The Morgan fingerprint density at radius 3 is 1.22 bits per heavy atom. The predicted molar refractivity (Wildman–Crippen MR) is 469 cm³/mol. The Morgan fingerprint density at radius 2 is 0.810 bits per heavy atom. The molecule has 0 bridgehead atoms. The number of carbonyl (C=O) groups is 11. The van der Waals surface area contributed by atoms with E-state index in [1.165, 1.54) is 0 Å². The average Bonchev–Trinajstić information content (AvgIpc) is 1.70. The molecule has 8 rings (SSSR count). The summed E-state index contributed by atoms with van der Waals surface area (Å²) in [5, 5.41) is 18.2. The lowest BCUT2D eigenvalue weighted by Gasteiger charge is -2.38. The van der Waals surface area contributed by atoms with Crippen LogP contribution in [0, 0.1) is 46.3 Å². The lowest BCUT2D eigenvalue weighted by Crippen LogP contribution is -2.50. The number of alkyl carbamates (subject to hydrolysis) is 1. The van der Waals surface area contributed by atoms with Gasteiger partial charge in [0.25, 0.3) is 0 Å². The molecule has 4 heterocycles. The molecule has 25 heteroatoms. The highest BCUT2D eigenvalue weighted by Crippen LogP contribution is 2.41. The maximum Gasteiger partial charge on any atom is 0.408 e. The molecule has 4 fully saturated rings. The molecule has 7 amide bonds. The molecule has 121 heavy (non-hydrogen) atoms. The van der Waals surface area contributed by atoms with E-state index in [0.29, 0.717) is 150 Å². The van der Waals surface area contributed by atoms with Gasteiger partial charge in [-0.1, -0.05) is 181 Å². The Morgan fingerprint density at radius 1 is 0.430 bits per heavy atom. The molecule has 0 aliphatic carbocycles. The second kappa shape index (κ2) is 52.8. The molecule has 0 aromatic heterocycles. The maximum atomic E-state index is 14.5. The first-order valence-corrected chi connectivity index (χ1v) is 44.7. The van der Waals surface area contributed by atoms with Crippen LogP contribution in [0.5, 0.6) is 0 Å². The number of likely N-dealkylation sites (tertiary alicyclic amines) is 2. The van der Waals surface area contributed by atoms with Crippen molar-refractivity contribution in [1.29, 1.82) is 0 Å². The number of nitrogens with zero attached hydrogens (tertiary/aromatic N) is 2. The lowest BCUT2D eigenvalue weighted by atomic mass is 9.76. The summed E-state index contributed by atoms with van der Waals surface area (Å²) in [4.78, 5) is 156. The fourth-order valence-electron chi connectivity index (χ4n) is 16.8. The number of carbonyl (C=O) groups excluding carboxylic acids is 11. The van der Waals surface area contributed by atoms with Gasteiger partial charge in [-0.05, 0) is 164 Å². The summed E-state index contributed by atoms with van der Waals surface area (Å²) in [5.41, 5.74) is 8.31. The lowest BCUT2D eigenvalue weighted by molar-refractivity contribution is -0.143. The number of Topliss-reactive ketones (excluding diaryl/α,β-unsaturated/α-hetero) is 4. The SMILES string of the molecule is COCCOCCCCCCC[C@@H](CC(=O)[C@@H](CC(C)C)NC(=O)[C@H](CC(=O)[C@@H](Cc1ccccc1)NC(=O)OC(C)(C)C)Cc1ccccc1)C(=O)N1CCC2(CCNC2=O)CC1.COCCOCCNCCCC[C@@H](CC(=O)[C@@H](CC(C)C)NC(=O)[C@H](CC(=O)[C@H](N)Cc1ccccc1)Cc1ccccc1)C(=O)N1CCC2(CCNC2=O)CC1. The van der Waals surface area contributed by atoms with Gasteiger partial charge in [0.15, 0.2) is 23.1 Å². The van der Waals surface area contributed by atoms with E-state index in [9.17, 15) is 52.7 Å². The Hall–Kier alpha value is -8.59. The monoisotopic (exact) mass is 1680 g/mol. The molecular formula is C96H143N9O16. The van der Waals surface area contributed by atoms with Gasteiger partial charge in [0.05, 0.1) is 68.0 Å². The van der Waals surface area contributed by atoms with E-state index in [4.69, 9.17) is 29.4 Å². The van der Waals surface area contributed by atoms with Crippen molar-refractivity contribution in [3.8, 4) is 0 Å². The van der Waals surface area contributed by atoms with Crippen LogP contribution in [0.25, 0.3) is 0 Å². The Kier molecular flexibility index (Phi) is 43.4. The third kappa shape index (κ3) is 35.3. The molecule has 0 unspecified atom stereocenters. The van der Waals surface area contributed by atoms with Gasteiger partial charge in [0.1, 0.15) is 5.60 Å². The van der Waals surface area contributed by atoms with Crippen molar-refractivity contribution in [2.75, 3.05) is 106 Å². The summed E-state index contributed by atoms with van der Waals surface area (Å²) in [7, 11) is 3.29. The summed E-state index contributed by atoms with van der Waals surface area (Å²) < 4.78 is 26.7. The van der Waals surface area contributed by atoms with Crippen molar-refractivity contribution >= 4 is 64.7 Å². The molecule has 4 aliphatic heterocycles. The van der Waals surface area contributed by atoms with Crippen molar-refractivity contribution in [2.24, 2.45) is 52.1 Å².